The van der Waals surface area contributed by atoms with Crippen LogP contribution in [0, 0.1) is 22.7 Å². The Hall–Kier alpha value is -2.94. The van der Waals surface area contributed by atoms with E-state index >= 15 is 0 Å². The molecular formula is C23H22ClFN6O. The summed E-state index contributed by atoms with van der Waals surface area (Å²) in [4.78, 5) is 11.0. The van der Waals surface area contributed by atoms with Crippen LogP contribution in [-0.2, 0) is 19.5 Å². The van der Waals surface area contributed by atoms with Gasteiger partial charge in [-0.3, -0.25) is 4.90 Å². The molecule has 2 aromatic rings. The van der Waals surface area contributed by atoms with Gasteiger partial charge in [0, 0.05) is 50.3 Å². The van der Waals surface area contributed by atoms with Crippen LogP contribution < -0.4 is 10.1 Å². The lowest BCUT2D eigenvalue weighted by molar-refractivity contribution is 0.0377. The first-order valence-electron chi connectivity index (χ1n) is 10.8. The molecule has 2 aromatic heterocycles. The van der Waals surface area contributed by atoms with Gasteiger partial charge < -0.3 is 10.1 Å². The summed E-state index contributed by atoms with van der Waals surface area (Å²) in [5.41, 5.74) is 2.70. The summed E-state index contributed by atoms with van der Waals surface area (Å²) in [7, 11) is 0. The number of alkyl halides is 1. The summed E-state index contributed by atoms with van der Waals surface area (Å²) >= 11 is 6.33. The van der Waals surface area contributed by atoms with Crippen molar-refractivity contribution in [1.82, 2.24) is 14.9 Å². The number of fused-ring (bicyclic) bond motifs is 1. The van der Waals surface area contributed by atoms with Crippen LogP contribution in [0.3, 0.4) is 0 Å². The molecule has 3 heterocycles. The molecule has 9 heteroatoms. The van der Waals surface area contributed by atoms with E-state index in [2.05, 4.69) is 32.3 Å². The first-order valence-corrected chi connectivity index (χ1v) is 11.2. The monoisotopic (exact) mass is 452 g/mol. The summed E-state index contributed by atoms with van der Waals surface area (Å²) in [6.07, 6.45) is 4.08. The van der Waals surface area contributed by atoms with Crippen molar-refractivity contribution in [3.63, 3.8) is 0 Å². The van der Waals surface area contributed by atoms with Crippen molar-refractivity contribution >= 4 is 17.4 Å². The Bertz CT molecular complexity index is 1120. The van der Waals surface area contributed by atoms with Crippen LogP contribution in [0.4, 0.5) is 10.2 Å². The number of nitrogens with one attached hydrogen (secondary N) is 1. The van der Waals surface area contributed by atoms with Gasteiger partial charge in [0.2, 0.25) is 5.88 Å². The fourth-order valence-electron chi connectivity index (χ4n) is 4.23. The fraction of sp³-hybridized carbons (Fsp3) is 0.478. The van der Waals surface area contributed by atoms with E-state index in [1.54, 1.807) is 6.20 Å². The number of nitrogens with zero attached hydrogens (tertiary/aromatic N) is 5. The molecule has 1 aliphatic heterocycles. The number of anilines is 1. The average molecular weight is 453 g/mol. The smallest absolute Gasteiger partial charge is 0.213 e. The van der Waals surface area contributed by atoms with Gasteiger partial charge in [-0.15, -0.1) is 0 Å². The normalized spacial score (nSPS) is 23.2. The number of rotatable bonds is 6. The standard InChI is InChI=1S/C23H22ClFN6O/c24-21-18(9-26)19-12-31(6-3-17(19)22(29-21)30-23(13-27)4-5-23)11-14-1-2-20(28-10-14)32-16-7-15(25)8-16/h1-2,10,15-16H,3-8,11-12H2,(H,29,30). The van der Waals surface area contributed by atoms with E-state index in [-0.39, 0.29) is 11.3 Å². The highest BCUT2D eigenvalue weighted by molar-refractivity contribution is 6.30. The maximum absolute atomic E-state index is 13.0. The zero-order chi connectivity index (χ0) is 22.3. The average Bonchev–Trinajstić information content (AvgIpc) is 3.54. The molecule has 2 aliphatic carbocycles. The molecule has 2 saturated carbocycles. The lowest BCUT2D eigenvalue weighted by atomic mass is 9.94. The maximum Gasteiger partial charge on any atom is 0.213 e. The van der Waals surface area contributed by atoms with Crippen LogP contribution in [0.2, 0.25) is 5.15 Å². The molecular weight excluding hydrogens is 431 g/mol. The minimum atomic E-state index is -0.756. The Morgan fingerprint density at radius 2 is 2.09 bits per heavy atom. The van der Waals surface area contributed by atoms with E-state index in [4.69, 9.17) is 16.3 Å². The van der Waals surface area contributed by atoms with E-state index in [0.29, 0.717) is 49.6 Å². The molecule has 32 heavy (non-hydrogen) atoms. The zero-order valence-electron chi connectivity index (χ0n) is 17.4. The minimum absolute atomic E-state index is 0.0803. The number of nitriles is 2. The van der Waals surface area contributed by atoms with E-state index in [0.717, 1.165) is 36.1 Å². The summed E-state index contributed by atoms with van der Waals surface area (Å²) in [6.45, 7) is 2.01. The van der Waals surface area contributed by atoms with Crippen LogP contribution in [0.25, 0.3) is 0 Å². The predicted octanol–water partition coefficient (Wildman–Crippen LogP) is 3.91. The zero-order valence-corrected chi connectivity index (χ0v) is 18.2. The van der Waals surface area contributed by atoms with Crippen molar-refractivity contribution in [2.75, 3.05) is 11.9 Å². The molecule has 0 aromatic carbocycles. The Balaban J connectivity index is 1.30. The SMILES string of the molecule is N#Cc1c(Cl)nc(NC2(C#N)CC2)c2c1CN(Cc1ccc(OC3CC(F)C3)nc1)CC2. The Kier molecular flexibility index (Phi) is 5.36. The van der Waals surface area contributed by atoms with Crippen LogP contribution in [0.1, 0.15) is 47.9 Å². The molecule has 2 fully saturated rings. The van der Waals surface area contributed by atoms with Gasteiger partial charge in [0.1, 0.15) is 34.9 Å². The molecule has 3 aliphatic rings. The first-order chi connectivity index (χ1) is 15.5. The molecule has 0 unspecified atom stereocenters. The predicted molar refractivity (Wildman–Crippen MR) is 116 cm³/mol. The first kappa shape index (κ1) is 20.9. The summed E-state index contributed by atoms with van der Waals surface area (Å²) in [6, 6.07) is 8.30. The van der Waals surface area contributed by atoms with Crippen molar-refractivity contribution in [3.05, 3.63) is 45.7 Å². The highest BCUT2D eigenvalue weighted by atomic mass is 35.5. The lowest BCUT2D eigenvalue weighted by Crippen LogP contribution is -2.35. The molecule has 0 radical (unpaired) electrons. The van der Waals surface area contributed by atoms with Crippen molar-refractivity contribution in [3.8, 4) is 18.0 Å². The summed E-state index contributed by atoms with van der Waals surface area (Å²) in [5.74, 6) is 1.14. The second-order valence-corrected chi connectivity index (χ2v) is 9.15. The van der Waals surface area contributed by atoms with Crippen molar-refractivity contribution in [1.29, 1.82) is 10.5 Å². The van der Waals surface area contributed by atoms with Gasteiger partial charge in [0.25, 0.3) is 0 Å². The third-order valence-electron chi connectivity index (χ3n) is 6.39. The van der Waals surface area contributed by atoms with Crippen LogP contribution >= 0.6 is 11.6 Å². The topological polar surface area (TPSA) is 97.9 Å². The molecule has 0 spiro atoms. The second kappa shape index (κ2) is 8.20. The van der Waals surface area contributed by atoms with E-state index in [1.807, 2.05) is 12.1 Å². The van der Waals surface area contributed by atoms with E-state index in [1.165, 1.54) is 0 Å². The third kappa shape index (κ3) is 4.09. The Labute approximate surface area is 190 Å². The van der Waals surface area contributed by atoms with Gasteiger partial charge in [0.05, 0.1) is 11.6 Å². The Morgan fingerprint density at radius 3 is 2.72 bits per heavy atom. The number of hydrogen-bond acceptors (Lipinski definition) is 7. The summed E-state index contributed by atoms with van der Waals surface area (Å²) < 4.78 is 18.6. The molecule has 1 N–H and O–H groups in total. The van der Waals surface area contributed by atoms with Gasteiger partial charge in [-0.05, 0) is 30.4 Å². The third-order valence-corrected chi connectivity index (χ3v) is 6.66. The molecule has 5 rings (SSSR count). The molecule has 0 amide bonds. The minimum Gasteiger partial charge on any atom is -0.474 e. The van der Waals surface area contributed by atoms with E-state index in [9.17, 15) is 14.9 Å². The van der Waals surface area contributed by atoms with Crippen LogP contribution in [0.15, 0.2) is 18.3 Å². The van der Waals surface area contributed by atoms with E-state index < -0.39 is 11.7 Å². The second-order valence-electron chi connectivity index (χ2n) is 8.79. The lowest BCUT2D eigenvalue weighted by Gasteiger charge is -2.31. The number of halogens is 2. The molecule has 0 atom stereocenters. The maximum atomic E-state index is 13.0. The molecule has 0 bridgehead atoms. The van der Waals surface area contributed by atoms with Crippen molar-refractivity contribution in [2.45, 2.75) is 63.0 Å². The van der Waals surface area contributed by atoms with Gasteiger partial charge in [-0.1, -0.05) is 17.7 Å². The number of ether oxygens (including phenoxy) is 1. The number of hydrogen-bond donors (Lipinski definition) is 1. The van der Waals surface area contributed by atoms with Crippen molar-refractivity contribution in [2.24, 2.45) is 0 Å². The molecule has 7 nitrogen and oxygen atoms in total. The fourth-order valence-corrected chi connectivity index (χ4v) is 4.47. The number of pyridine rings is 2. The quantitative estimate of drug-likeness (QED) is 0.663. The van der Waals surface area contributed by atoms with Crippen LogP contribution in [-0.4, -0.2) is 39.2 Å². The highest BCUT2D eigenvalue weighted by Crippen LogP contribution is 2.41. The molecule has 0 saturated heterocycles. The summed E-state index contributed by atoms with van der Waals surface area (Å²) in [5, 5.41) is 22.5. The number of aromatic nitrogens is 2. The van der Waals surface area contributed by atoms with Crippen LogP contribution in [0.5, 0.6) is 5.88 Å². The highest BCUT2D eigenvalue weighted by Gasteiger charge is 2.44. The van der Waals surface area contributed by atoms with Gasteiger partial charge in [-0.2, -0.15) is 10.5 Å². The molecule has 164 valence electrons. The Morgan fingerprint density at radius 1 is 1.28 bits per heavy atom. The van der Waals surface area contributed by atoms with Gasteiger partial charge in [-0.25, -0.2) is 14.4 Å². The van der Waals surface area contributed by atoms with Crippen molar-refractivity contribution < 1.29 is 9.13 Å². The largest absolute Gasteiger partial charge is 0.474 e. The van der Waals surface area contributed by atoms with Gasteiger partial charge in [0.15, 0.2) is 0 Å². The van der Waals surface area contributed by atoms with Gasteiger partial charge >= 0.3 is 0 Å².